The number of methoxy groups -OCH3 is 4. The largest absolute Gasteiger partial charge is 0.493 e. The van der Waals surface area contributed by atoms with Crippen molar-refractivity contribution in [2.75, 3.05) is 28.4 Å². The molecule has 1 atom stereocenters. The molecule has 0 aliphatic heterocycles. The van der Waals surface area contributed by atoms with E-state index in [9.17, 15) is 9.59 Å². The van der Waals surface area contributed by atoms with Crippen LogP contribution < -0.4 is 19.5 Å². The normalized spacial score (nSPS) is 11.8. The number of ether oxygens (including phenoxy) is 4. The van der Waals surface area contributed by atoms with Crippen LogP contribution in [-0.2, 0) is 9.53 Å². The van der Waals surface area contributed by atoms with Gasteiger partial charge in [0.15, 0.2) is 11.5 Å². The molecule has 0 aliphatic rings. The van der Waals surface area contributed by atoms with Gasteiger partial charge in [0.2, 0.25) is 5.75 Å². The fraction of sp³-hybridized carbons (Fsp3) is 0.240. The summed E-state index contributed by atoms with van der Waals surface area (Å²) in [5.74, 6) is 0.307. The van der Waals surface area contributed by atoms with Gasteiger partial charge in [-0.15, -0.1) is 0 Å². The number of aromatic amines is 1. The molecule has 4 aromatic rings. The zero-order chi connectivity index (χ0) is 24.4. The number of carbonyl (C=O) groups is 2. The number of aromatic nitrogens is 2. The molecule has 2 aromatic heterocycles. The van der Waals surface area contributed by atoms with E-state index in [-0.39, 0.29) is 5.69 Å². The summed E-state index contributed by atoms with van der Waals surface area (Å²) in [5.41, 5.74) is 2.96. The quantitative estimate of drug-likeness (QED) is 0.402. The fourth-order valence-corrected chi connectivity index (χ4v) is 3.89. The van der Waals surface area contributed by atoms with Crippen LogP contribution in [-0.4, -0.2) is 56.3 Å². The second-order valence-corrected chi connectivity index (χ2v) is 7.58. The number of hydrogen-bond acceptors (Lipinski definition) is 7. The number of para-hydroxylation sites is 1. The molecule has 0 radical (unpaired) electrons. The number of fused-ring (bicyclic) bond motifs is 3. The smallest absolute Gasteiger partial charge is 0.328 e. The summed E-state index contributed by atoms with van der Waals surface area (Å²) >= 11 is 0. The molecule has 4 rings (SSSR count). The van der Waals surface area contributed by atoms with Gasteiger partial charge in [-0.1, -0.05) is 18.2 Å². The number of carbonyl (C=O) groups excluding carboxylic acids is 2. The Balaban J connectivity index is 1.96. The molecule has 34 heavy (non-hydrogen) atoms. The van der Waals surface area contributed by atoms with E-state index < -0.39 is 17.9 Å². The van der Waals surface area contributed by atoms with Gasteiger partial charge >= 0.3 is 5.97 Å². The molecule has 9 heteroatoms. The zero-order valence-electron chi connectivity index (χ0n) is 19.5. The van der Waals surface area contributed by atoms with Gasteiger partial charge in [0.1, 0.15) is 11.7 Å². The van der Waals surface area contributed by atoms with Crippen molar-refractivity contribution in [1.29, 1.82) is 0 Å². The van der Waals surface area contributed by atoms with E-state index in [2.05, 4.69) is 15.3 Å². The Morgan fingerprint density at radius 1 is 0.941 bits per heavy atom. The van der Waals surface area contributed by atoms with E-state index in [4.69, 9.17) is 18.9 Å². The lowest BCUT2D eigenvalue weighted by Crippen LogP contribution is -2.39. The number of hydrogen-bond donors (Lipinski definition) is 2. The molecule has 2 heterocycles. The minimum Gasteiger partial charge on any atom is -0.493 e. The van der Waals surface area contributed by atoms with Gasteiger partial charge in [-0.2, -0.15) is 0 Å². The average Bonchev–Trinajstić information content (AvgIpc) is 3.25. The lowest BCUT2D eigenvalue weighted by atomic mass is 10.0. The topological polar surface area (TPSA) is 112 Å². The summed E-state index contributed by atoms with van der Waals surface area (Å²) in [4.78, 5) is 32.9. The van der Waals surface area contributed by atoms with Gasteiger partial charge in [0.05, 0.1) is 39.6 Å². The highest BCUT2D eigenvalue weighted by molar-refractivity contribution is 6.13. The molecule has 2 aromatic carbocycles. The van der Waals surface area contributed by atoms with Gasteiger partial charge < -0.3 is 29.2 Å². The van der Waals surface area contributed by atoms with E-state index in [0.29, 0.717) is 28.5 Å². The van der Waals surface area contributed by atoms with Crippen LogP contribution >= 0.6 is 0 Å². The van der Waals surface area contributed by atoms with Crippen molar-refractivity contribution in [3.05, 3.63) is 48.2 Å². The number of esters is 1. The summed E-state index contributed by atoms with van der Waals surface area (Å²) in [7, 11) is 5.86. The highest BCUT2D eigenvalue weighted by Gasteiger charge is 2.22. The van der Waals surface area contributed by atoms with Crippen LogP contribution in [0.15, 0.2) is 42.5 Å². The van der Waals surface area contributed by atoms with E-state index in [1.165, 1.54) is 28.4 Å². The third kappa shape index (κ3) is 3.96. The maximum absolute atomic E-state index is 13.0. The van der Waals surface area contributed by atoms with Crippen LogP contribution in [0.25, 0.3) is 33.1 Å². The Kier molecular flexibility index (Phi) is 6.27. The number of amides is 1. The summed E-state index contributed by atoms with van der Waals surface area (Å²) in [6, 6.07) is 12.2. The fourth-order valence-electron chi connectivity index (χ4n) is 3.89. The Hall–Kier alpha value is -4.27. The predicted octanol–water partition coefficient (Wildman–Crippen LogP) is 3.70. The molecule has 1 amide bonds. The third-order valence-electron chi connectivity index (χ3n) is 5.57. The molecule has 0 bridgehead atoms. The Bertz CT molecular complexity index is 1370. The molecule has 0 spiro atoms. The third-order valence-corrected chi connectivity index (χ3v) is 5.57. The van der Waals surface area contributed by atoms with E-state index in [1.807, 2.05) is 24.3 Å². The van der Waals surface area contributed by atoms with Gasteiger partial charge in [0, 0.05) is 21.9 Å². The highest BCUT2D eigenvalue weighted by Crippen LogP contribution is 2.42. The lowest BCUT2D eigenvalue weighted by molar-refractivity contribution is -0.142. The molecule has 0 aliphatic carbocycles. The Morgan fingerprint density at radius 2 is 1.62 bits per heavy atom. The molecule has 0 saturated heterocycles. The van der Waals surface area contributed by atoms with Crippen LogP contribution in [0.2, 0.25) is 0 Å². The predicted molar refractivity (Wildman–Crippen MR) is 128 cm³/mol. The van der Waals surface area contributed by atoms with Crippen LogP contribution in [0.1, 0.15) is 17.4 Å². The standard InChI is InChI=1S/C25H25N3O6/c1-13(25(30)34-5)26-24(29)18-12-16-15-8-6-7-9-17(15)27-22(16)21(28-18)14-10-19(31-2)23(33-4)20(11-14)32-3/h6-13,27H,1-5H3,(H,26,29). The van der Waals surface area contributed by atoms with Gasteiger partial charge in [0.25, 0.3) is 5.91 Å². The second kappa shape index (κ2) is 9.30. The van der Waals surface area contributed by atoms with Crippen molar-refractivity contribution in [1.82, 2.24) is 15.3 Å². The zero-order valence-corrected chi connectivity index (χ0v) is 19.5. The van der Waals surface area contributed by atoms with E-state index >= 15 is 0 Å². The van der Waals surface area contributed by atoms with Gasteiger partial charge in [-0.25, -0.2) is 9.78 Å². The maximum Gasteiger partial charge on any atom is 0.328 e. The summed E-state index contributed by atoms with van der Waals surface area (Å²) in [5, 5.41) is 4.38. The molecule has 0 saturated carbocycles. The molecule has 9 nitrogen and oxygen atoms in total. The highest BCUT2D eigenvalue weighted by atomic mass is 16.5. The summed E-state index contributed by atoms with van der Waals surface area (Å²) in [6.07, 6.45) is 0. The SMILES string of the molecule is COC(=O)C(C)NC(=O)c1cc2c([nH]c3ccccc32)c(-c2cc(OC)c(OC)c(OC)c2)n1. The number of benzene rings is 2. The number of nitrogens with zero attached hydrogens (tertiary/aromatic N) is 1. The van der Waals surface area contributed by atoms with Gasteiger partial charge in [-0.3, -0.25) is 4.79 Å². The Labute approximate surface area is 196 Å². The number of pyridine rings is 1. The lowest BCUT2D eigenvalue weighted by Gasteiger charge is -2.15. The van der Waals surface area contributed by atoms with Crippen molar-refractivity contribution in [3.63, 3.8) is 0 Å². The minimum atomic E-state index is -0.831. The number of nitrogens with one attached hydrogen (secondary N) is 2. The van der Waals surface area contributed by atoms with Crippen molar-refractivity contribution >= 4 is 33.7 Å². The number of rotatable bonds is 7. The van der Waals surface area contributed by atoms with Crippen molar-refractivity contribution < 1.29 is 28.5 Å². The van der Waals surface area contributed by atoms with Crippen molar-refractivity contribution in [3.8, 4) is 28.5 Å². The molecular formula is C25H25N3O6. The summed E-state index contributed by atoms with van der Waals surface area (Å²) in [6.45, 7) is 1.55. The monoisotopic (exact) mass is 463 g/mol. The average molecular weight is 463 g/mol. The first-order valence-electron chi connectivity index (χ1n) is 10.5. The maximum atomic E-state index is 13.0. The first-order chi connectivity index (χ1) is 16.4. The minimum absolute atomic E-state index is 0.150. The first kappa shape index (κ1) is 22.9. The van der Waals surface area contributed by atoms with Crippen molar-refractivity contribution in [2.45, 2.75) is 13.0 Å². The van der Waals surface area contributed by atoms with E-state index in [0.717, 1.165) is 21.8 Å². The molecule has 2 N–H and O–H groups in total. The molecular weight excluding hydrogens is 438 g/mol. The van der Waals surface area contributed by atoms with Crippen molar-refractivity contribution in [2.24, 2.45) is 0 Å². The molecule has 0 fully saturated rings. The van der Waals surface area contributed by atoms with Gasteiger partial charge in [-0.05, 0) is 31.2 Å². The number of H-pyrrole nitrogens is 1. The van der Waals surface area contributed by atoms with Crippen LogP contribution in [0.3, 0.4) is 0 Å². The molecule has 176 valence electrons. The van der Waals surface area contributed by atoms with Crippen LogP contribution in [0.5, 0.6) is 17.2 Å². The second-order valence-electron chi connectivity index (χ2n) is 7.58. The van der Waals surface area contributed by atoms with E-state index in [1.54, 1.807) is 25.1 Å². The summed E-state index contributed by atoms with van der Waals surface area (Å²) < 4.78 is 21.2. The first-order valence-corrected chi connectivity index (χ1v) is 10.5. The van der Waals surface area contributed by atoms with Crippen LogP contribution in [0.4, 0.5) is 0 Å². The molecule has 1 unspecified atom stereocenters. The Morgan fingerprint density at radius 3 is 2.24 bits per heavy atom. The van der Waals surface area contributed by atoms with Crippen LogP contribution in [0, 0.1) is 0 Å².